The molecule has 0 heterocycles. The van der Waals surface area contributed by atoms with Crippen LogP contribution < -0.4 is 5.32 Å². The molecule has 4 nitrogen and oxygen atoms in total. The second-order valence-corrected chi connectivity index (χ2v) is 3.87. The molecule has 0 spiro atoms. The first-order valence-electron chi connectivity index (χ1n) is 5.14. The van der Waals surface area contributed by atoms with Crippen molar-refractivity contribution in [3.05, 3.63) is 34.9 Å². The zero-order valence-electron chi connectivity index (χ0n) is 9.68. The number of halogens is 1. The summed E-state index contributed by atoms with van der Waals surface area (Å²) in [5.41, 5.74) is 0.347. The highest BCUT2D eigenvalue weighted by molar-refractivity contribution is 6.30. The van der Waals surface area contributed by atoms with Crippen LogP contribution >= 0.6 is 11.6 Å². The van der Waals surface area contributed by atoms with Crippen molar-refractivity contribution in [1.82, 2.24) is 5.32 Å². The Morgan fingerprint density at radius 2 is 2.33 bits per heavy atom. The number of ether oxygens (including phenoxy) is 1. The van der Waals surface area contributed by atoms with Crippen molar-refractivity contribution in [2.45, 2.75) is 19.3 Å². The summed E-state index contributed by atoms with van der Waals surface area (Å²) in [5.74, 6) is 1.86. The Hall–Kier alpha value is -2.01. The first kappa shape index (κ1) is 14.1. The number of benzene rings is 1. The predicted molar refractivity (Wildman–Crippen MR) is 67.7 cm³/mol. The average Bonchev–Trinajstić information content (AvgIpc) is 2.37. The van der Waals surface area contributed by atoms with Gasteiger partial charge in [0.05, 0.1) is 0 Å². The van der Waals surface area contributed by atoms with Crippen LogP contribution in [-0.2, 0) is 4.74 Å². The molecule has 1 rings (SSSR count). The normalized spacial score (nSPS) is 12.9. The fourth-order valence-corrected chi connectivity index (χ4v) is 1.36. The first-order chi connectivity index (χ1) is 8.56. The van der Waals surface area contributed by atoms with E-state index in [9.17, 15) is 4.79 Å². The number of nitrogens with one attached hydrogen (secondary N) is 1. The average molecular weight is 263 g/mol. The van der Waals surface area contributed by atoms with Gasteiger partial charge >= 0.3 is 0 Å². The van der Waals surface area contributed by atoms with E-state index in [0.29, 0.717) is 10.6 Å². The Morgan fingerprint density at radius 3 is 2.89 bits per heavy atom. The highest BCUT2D eigenvalue weighted by atomic mass is 35.5. The molecule has 1 amide bonds. The van der Waals surface area contributed by atoms with Gasteiger partial charge in [-0.15, -0.1) is 6.42 Å². The Labute approximate surface area is 111 Å². The van der Waals surface area contributed by atoms with Gasteiger partial charge in [0, 0.05) is 10.6 Å². The van der Waals surface area contributed by atoms with Gasteiger partial charge in [0.25, 0.3) is 5.91 Å². The smallest absolute Gasteiger partial charge is 0.254 e. The van der Waals surface area contributed by atoms with Crippen molar-refractivity contribution in [1.29, 1.82) is 5.26 Å². The van der Waals surface area contributed by atoms with Crippen LogP contribution in [0, 0.1) is 23.7 Å². The lowest BCUT2D eigenvalue weighted by Crippen LogP contribution is -2.37. The third-order valence-electron chi connectivity index (χ3n) is 2.04. The summed E-state index contributed by atoms with van der Waals surface area (Å²) in [4.78, 5) is 11.8. The van der Waals surface area contributed by atoms with E-state index >= 15 is 0 Å². The van der Waals surface area contributed by atoms with Crippen LogP contribution in [0.25, 0.3) is 0 Å². The Bertz CT molecular complexity index is 516. The minimum atomic E-state index is -1.09. The maximum atomic E-state index is 11.8. The van der Waals surface area contributed by atoms with E-state index in [1.54, 1.807) is 31.2 Å². The number of carbonyl (C=O) groups is 1. The van der Waals surface area contributed by atoms with Gasteiger partial charge in [-0.05, 0) is 25.1 Å². The number of hydrogen-bond acceptors (Lipinski definition) is 3. The van der Waals surface area contributed by atoms with E-state index < -0.39 is 18.2 Å². The highest BCUT2D eigenvalue weighted by Crippen LogP contribution is 2.10. The first-order valence-corrected chi connectivity index (χ1v) is 5.52. The van der Waals surface area contributed by atoms with E-state index in [-0.39, 0.29) is 0 Å². The van der Waals surface area contributed by atoms with Gasteiger partial charge < -0.3 is 10.1 Å². The molecule has 0 fully saturated rings. The van der Waals surface area contributed by atoms with E-state index in [1.807, 2.05) is 0 Å². The molecular formula is C13H11ClN2O2. The fraction of sp³-hybridized carbons (Fsp3) is 0.231. The molecule has 1 aromatic carbocycles. The third-order valence-corrected chi connectivity index (χ3v) is 2.28. The van der Waals surface area contributed by atoms with Crippen molar-refractivity contribution in [2.24, 2.45) is 0 Å². The van der Waals surface area contributed by atoms with Crippen LogP contribution in [0.2, 0.25) is 5.02 Å². The van der Waals surface area contributed by atoms with Gasteiger partial charge in [0.1, 0.15) is 12.2 Å². The fourth-order valence-electron chi connectivity index (χ4n) is 1.17. The van der Waals surface area contributed by atoms with Gasteiger partial charge in [0.2, 0.25) is 6.23 Å². The van der Waals surface area contributed by atoms with Gasteiger partial charge in [-0.25, -0.2) is 0 Å². The molecule has 1 N–H and O–H groups in total. The zero-order chi connectivity index (χ0) is 13.5. The molecule has 0 bridgehead atoms. The van der Waals surface area contributed by atoms with E-state index in [1.165, 1.54) is 6.07 Å². The Morgan fingerprint density at radius 1 is 1.61 bits per heavy atom. The Kier molecular flexibility index (Phi) is 5.20. The molecule has 92 valence electrons. The van der Waals surface area contributed by atoms with E-state index in [4.69, 9.17) is 28.0 Å². The van der Waals surface area contributed by atoms with Gasteiger partial charge in [-0.2, -0.15) is 5.26 Å². The molecule has 1 aromatic rings. The van der Waals surface area contributed by atoms with Crippen LogP contribution in [0.5, 0.6) is 0 Å². The van der Waals surface area contributed by atoms with Crippen molar-refractivity contribution < 1.29 is 9.53 Å². The Balaban J connectivity index is 2.69. The summed E-state index contributed by atoms with van der Waals surface area (Å²) >= 11 is 5.76. The lowest BCUT2D eigenvalue weighted by molar-refractivity contribution is 0.0377. The standard InChI is InChI=1S/C13H11ClN2O2/c1-3-9(2)18-12(8-15)16-13(17)10-5-4-6-11(14)7-10/h1,4-7,9,12H,2H3,(H,16,17). The van der Waals surface area contributed by atoms with E-state index in [2.05, 4.69) is 11.2 Å². The van der Waals surface area contributed by atoms with Crippen LogP contribution in [0.15, 0.2) is 24.3 Å². The van der Waals surface area contributed by atoms with Crippen molar-refractivity contribution in [3.63, 3.8) is 0 Å². The summed E-state index contributed by atoms with van der Waals surface area (Å²) in [6.07, 6.45) is 3.47. The maximum Gasteiger partial charge on any atom is 0.254 e. The second-order valence-electron chi connectivity index (χ2n) is 3.44. The van der Waals surface area contributed by atoms with Crippen LogP contribution in [0.4, 0.5) is 0 Å². The quantitative estimate of drug-likeness (QED) is 0.666. The molecule has 0 radical (unpaired) electrons. The molecule has 0 aromatic heterocycles. The van der Waals surface area contributed by atoms with Gasteiger partial charge in [-0.1, -0.05) is 23.6 Å². The number of carbonyl (C=O) groups excluding carboxylic acids is 1. The van der Waals surface area contributed by atoms with Crippen LogP contribution in [0.3, 0.4) is 0 Å². The minimum absolute atomic E-state index is 0.347. The van der Waals surface area contributed by atoms with Gasteiger partial charge in [-0.3, -0.25) is 4.79 Å². The summed E-state index contributed by atoms with van der Waals surface area (Å²) in [6.45, 7) is 1.61. The molecule has 0 aliphatic heterocycles. The lowest BCUT2D eigenvalue weighted by atomic mass is 10.2. The number of terminal acetylenes is 1. The summed E-state index contributed by atoms with van der Waals surface area (Å²) in [7, 11) is 0. The number of rotatable bonds is 4. The van der Waals surface area contributed by atoms with Crippen LogP contribution in [0.1, 0.15) is 17.3 Å². The van der Waals surface area contributed by atoms with E-state index in [0.717, 1.165) is 0 Å². The maximum absolute atomic E-state index is 11.8. The van der Waals surface area contributed by atoms with Crippen molar-refractivity contribution >= 4 is 17.5 Å². The topological polar surface area (TPSA) is 62.1 Å². The molecule has 0 aliphatic carbocycles. The molecule has 2 unspecified atom stereocenters. The monoisotopic (exact) mass is 262 g/mol. The molecule has 0 aliphatic rings. The predicted octanol–water partition coefficient (Wildman–Crippen LogP) is 1.96. The molecule has 2 atom stereocenters. The summed E-state index contributed by atoms with van der Waals surface area (Å²) in [6, 6.07) is 8.17. The minimum Gasteiger partial charge on any atom is -0.329 e. The SMILES string of the molecule is C#CC(C)OC(C#N)NC(=O)c1cccc(Cl)c1. The second kappa shape index (κ2) is 6.66. The zero-order valence-corrected chi connectivity index (χ0v) is 10.4. The lowest BCUT2D eigenvalue weighted by Gasteiger charge is -2.14. The van der Waals surface area contributed by atoms with Crippen molar-refractivity contribution in [2.75, 3.05) is 0 Å². The van der Waals surface area contributed by atoms with Crippen LogP contribution in [-0.4, -0.2) is 18.2 Å². The molecule has 0 saturated carbocycles. The number of amides is 1. The summed E-state index contributed by atoms with van der Waals surface area (Å²) in [5, 5.41) is 11.7. The highest BCUT2D eigenvalue weighted by Gasteiger charge is 2.15. The molecule has 18 heavy (non-hydrogen) atoms. The number of hydrogen-bond donors (Lipinski definition) is 1. The summed E-state index contributed by atoms with van der Waals surface area (Å²) < 4.78 is 5.11. The number of nitrogens with zero attached hydrogens (tertiary/aromatic N) is 1. The molecular weight excluding hydrogens is 252 g/mol. The molecule has 5 heteroatoms. The molecule has 0 saturated heterocycles. The largest absolute Gasteiger partial charge is 0.329 e. The third kappa shape index (κ3) is 4.10. The van der Waals surface area contributed by atoms with Gasteiger partial charge in [0.15, 0.2) is 0 Å². The number of nitriles is 1. The van der Waals surface area contributed by atoms with Crippen molar-refractivity contribution in [3.8, 4) is 18.4 Å².